The Morgan fingerprint density at radius 2 is 1.43 bits per heavy atom. The van der Waals surface area contributed by atoms with E-state index in [2.05, 4.69) is 23.7 Å². The van der Waals surface area contributed by atoms with Gasteiger partial charge in [-0.15, -0.1) is 0 Å². The molecule has 0 bridgehead atoms. The third-order valence-corrected chi connectivity index (χ3v) is 0. The van der Waals surface area contributed by atoms with Crippen LogP contribution in [0.5, 0.6) is 0 Å². The first-order chi connectivity index (χ1) is 3.15. The van der Waals surface area contributed by atoms with E-state index in [-0.39, 0.29) is 5.11 Å². The summed E-state index contributed by atoms with van der Waals surface area (Å²) in [6.07, 6.45) is 0. The van der Waals surface area contributed by atoms with Gasteiger partial charge in [-0.05, 0) is 12.2 Å². The van der Waals surface area contributed by atoms with Gasteiger partial charge in [0, 0.05) is 0 Å². The summed E-state index contributed by atoms with van der Waals surface area (Å²) in [7, 11) is 9.92. The summed E-state index contributed by atoms with van der Waals surface area (Å²) in [6, 6.07) is 0. The maximum absolute atomic E-state index is 4.96. The van der Waals surface area contributed by atoms with Crippen molar-refractivity contribution in [1.29, 1.82) is 0 Å². The molecule has 7 heavy (non-hydrogen) atoms. The Balaban J connectivity index is 0. The first kappa shape index (κ1) is 11.1. The molecule has 0 spiro atoms. The van der Waals surface area contributed by atoms with E-state index in [1.165, 1.54) is 0 Å². The average Bonchev–Trinajstić information content (AvgIpc) is 1.33. The number of rotatable bonds is 0. The van der Waals surface area contributed by atoms with E-state index in [0.29, 0.717) is 0 Å². The van der Waals surface area contributed by atoms with E-state index in [4.69, 9.17) is 16.6 Å². The zero-order chi connectivity index (χ0) is 6.28. The van der Waals surface area contributed by atoms with Crippen LogP contribution >= 0.6 is 28.9 Å². The molecule has 0 atom stereocenters. The summed E-state index contributed by atoms with van der Waals surface area (Å²) in [5, 5.41) is 0.000000000000000222. The monoisotopic (exact) mass is 354 g/mol. The summed E-state index contributed by atoms with van der Waals surface area (Å²) in [6.45, 7) is 0. The van der Waals surface area contributed by atoms with E-state index in [1.807, 2.05) is 0 Å². The molecular formula is CH4Cl2N2PbS. The van der Waals surface area contributed by atoms with Gasteiger partial charge in [-0.1, -0.05) is 0 Å². The number of nitrogens with two attached hydrogens (primary N) is 2. The van der Waals surface area contributed by atoms with E-state index >= 15 is 0 Å². The molecule has 0 saturated heterocycles. The fourth-order valence-electron chi connectivity index (χ4n) is 0. The summed E-state index contributed by atoms with van der Waals surface area (Å²) in [5.74, 6) is 0. The molecule has 0 aromatic carbocycles. The van der Waals surface area contributed by atoms with Gasteiger partial charge >= 0.3 is 38.4 Å². The number of thiocarbonyl (C=S) groups is 1. The second kappa shape index (κ2) is 10.2. The van der Waals surface area contributed by atoms with Gasteiger partial charge in [0.05, 0.1) is 0 Å². The molecule has 0 aliphatic carbocycles. The first-order valence-corrected chi connectivity index (χ1v) is 11.1. The minimum atomic E-state index is -0.972. The van der Waals surface area contributed by atoms with Gasteiger partial charge in [0.25, 0.3) is 0 Å². The normalized spacial score (nSPS) is 6.00. The van der Waals surface area contributed by atoms with Gasteiger partial charge in [-0.2, -0.15) is 0 Å². The molecule has 0 aliphatic rings. The van der Waals surface area contributed by atoms with Gasteiger partial charge in [-0.3, -0.25) is 0 Å². The standard InChI is InChI=1S/CH4N2S.2ClH.Pb/c2-1(3)4;;;/h(H4,2,3,4);2*1H;/q;;;+2/p-2. The first-order valence-electron chi connectivity index (χ1n) is 1.16. The van der Waals surface area contributed by atoms with Crippen LogP contribution in [0.4, 0.5) is 0 Å². The zero-order valence-corrected chi connectivity index (χ0v) is 9.53. The van der Waals surface area contributed by atoms with E-state index in [9.17, 15) is 0 Å². The van der Waals surface area contributed by atoms with Gasteiger partial charge in [0.1, 0.15) is 0 Å². The molecule has 2 radical (unpaired) electrons. The van der Waals surface area contributed by atoms with Crippen molar-refractivity contribution in [3.8, 4) is 0 Å². The molecule has 0 fully saturated rings. The maximum atomic E-state index is 4.96. The van der Waals surface area contributed by atoms with Crippen LogP contribution in [0, 0.1) is 0 Å². The van der Waals surface area contributed by atoms with Crippen molar-refractivity contribution in [2.45, 2.75) is 0 Å². The number of hydrogen-bond acceptors (Lipinski definition) is 1. The Kier molecular flexibility index (Phi) is 16.2. The molecular weight excluding hydrogens is 350 g/mol. The molecule has 0 unspecified atom stereocenters. The Hall–Kier alpha value is 1.19. The Morgan fingerprint density at radius 1 is 1.43 bits per heavy atom. The van der Waals surface area contributed by atoms with Gasteiger partial charge in [-0.25, -0.2) is 0 Å². The predicted octanol–water partition coefficient (Wildman–Crippen LogP) is 0.187. The second-order valence-electron chi connectivity index (χ2n) is 0.474. The van der Waals surface area contributed by atoms with Crippen LogP contribution in [0.1, 0.15) is 0 Å². The summed E-state index contributed by atoms with van der Waals surface area (Å²) in [5.41, 5.74) is 9.24. The zero-order valence-electron chi connectivity index (χ0n) is 3.32. The van der Waals surface area contributed by atoms with Crippen molar-refractivity contribution < 1.29 is 0 Å². The van der Waals surface area contributed by atoms with Gasteiger partial charge in [0.15, 0.2) is 5.11 Å². The third-order valence-electron chi connectivity index (χ3n) is 0. The molecule has 0 heterocycles. The molecule has 0 saturated carbocycles. The second-order valence-corrected chi connectivity index (χ2v) is 6.51. The number of hydrogen-bond donors (Lipinski definition) is 2. The molecule has 4 N–H and O–H groups in total. The molecule has 6 heteroatoms. The molecule has 0 aromatic rings. The fourth-order valence-corrected chi connectivity index (χ4v) is 0. The summed E-state index contributed by atoms with van der Waals surface area (Å²) in [4.78, 5) is 0. The van der Waals surface area contributed by atoms with Crippen molar-refractivity contribution in [3.63, 3.8) is 0 Å². The third kappa shape index (κ3) is 136. The molecule has 2 nitrogen and oxygen atoms in total. The molecule has 42 valence electrons. The molecule has 0 aliphatic heterocycles. The molecule has 0 aromatic heterocycles. The van der Waals surface area contributed by atoms with Crippen molar-refractivity contribution in [2.24, 2.45) is 11.5 Å². The van der Waals surface area contributed by atoms with Gasteiger partial charge < -0.3 is 11.5 Å². The van der Waals surface area contributed by atoms with Crippen LogP contribution < -0.4 is 11.5 Å². The Labute approximate surface area is 66.7 Å². The van der Waals surface area contributed by atoms with Crippen molar-refractivity contribution >= 4 is 55.7 Å². The SMILES string of the molecule is NC(N)=S.[Cl][Pb][Cl]. The molecule has 0 amide bonds. The summed E-state index contributed by atoms with van der Waals surface area (Å²) < 4.78 is 0. The van der Waals surface area contributed by atoms with Gasteiger partial charge in [0.2, 0.25) is 0 Å². The quantitative estimate of drug-likeness (QED) is 0.482. The molecule has 0 rings (SSSR count). The van der Waals surface area contributed by atoms with Crippen LogP contribution in [0.3, 0.4) is 0 Å². The van der Waals surface area contributed by atoms with Crippen LogP contribution in [-0.4, -0.2) is 26.9 Å². The van der Waals surface area contributed by atoms with Crippen LogP contribution in [0.25, 0.3) is 0 Å². The fraction of sp³-hybridized carbons (Fsp3) is 0. The van der Waals surface area contributed by atoms with Crippen molar-refractivity contribution in [1.82, 2.24) is 0 Å². The van der Waals surface area contributed by atoms with Crippen molar-refractivity contribution in [3.05, 3.63) is 0 Å². The average molecular weight is 354 g/mol. The summed E-state index contributed by atoms with van der Waals surface area (Å²) >= 11 is 3.12. The van der Waals surface area contributed by atoms with E-state index < -0.39 is 21.8 Å². The van der Waals surface area contributed by atoms with Crippen LogP contribution in [0.2, 0.25) is 0 Å². The topological polar surface area (TPSA) is 52.0 Å². The Bertz CT molecular complexity index is 47.0. The van der Waals surface area contributed by atoms with Crippen LogP contribution in [-0.2, 0) is 0 Å². The minimum absolute atomic E-state index is 0.000000000000000222. The predicted molar refractivity (Wildman–Crippen MR) is 38.4 cm³/mol. The van der Waals surface area contributed by atoms with Crippen molar-refractivity contribution in [2.75, 3.05) is 0 Å². The number of halogens is 2. The van der Waals surface area contributed by atoms with E-state index in [1.54, 1.807) is 0 Å². The van der Waals surface area contributed by atoms with E-state index in [0.717, 1.165) is 0 Å². The Morgan fingerprint density at radius 3 is 1.43 bits per heavy atom. The van der Waals surface area contributed by atoms with Crippen LogP contribution in [0.15, 0.2) is 0 Å².